The molecule has 0 aliphatic rings. The summed E-state index contributed by atoms with van der Waals surface area (Å²) in [4.78, 5) is 10.5. The molecule has 1 aromatic rings. The lowest BCUT2D eigenvalue weighted by Crippen LogP contribution is -2.11. The van der Waals surface area contributed by atoms with Crippen LogP contribution in [0.25, 0.3) is 0 Å². The van der Waals surface area contributed by atoms with Gasteiger partial charge >= 0.3 is 0 Å². The Morgan fingerprint density at radius 2 is 2.45 bits per heavy atom. The number of carbonyl (C=O) groups excluding carboxylic acids is 1. The van der Waals surface area contributed by atoms with Gasteiger partial charge in [-0.25, -0.2) is 0 Å². The summed E-state index contributed by atoms with van der Waals surface area (Å²) in [5.74, 6) is -0.443. The first-order valence-electron chi connectivity index (χ1n) is 3.24. The number of aryl methyl sites for hydroxylation is 2. The summed E-state index contributed by atoms with van der Waals surface area (Å²) >= 11 is 0. The van der Waals surface area contributed by atoms with Crippen LogP contribution in [0.15, 0.2) is 6.20 Å². The van der Waals surface area contributed by atoms with E-state index in [1.54, 1.807) is 17.9 Å². The third-order valence-electron chi connectivity index (χ3n) is 1.35. The molecule has 59 valence electrons. The highest BCUT2D eigenvalue weighted by Crippen LogP contribution is 2.05. The van der Waals surface area contributed by atoms with Gasteiger partial charge in [-0.05, 0) is 6.92 Å². The Morgan fingerprint density at radius 1 is 1.82 bits per heavy atom. The average Bonchev–Trinajstić information content (AvgIpc) is 2.09. The first-order chi connectivity index (χ1) is 5.09. The molecule has 4 heteroatoms. The largest absolute Gasteiger partial charge is 0.369 e. The number of hydrogen-bond acceptors (Lipinski definition) is 2. The van der Waals surface area contributed by atoms with Crippen LogP contribution in [-0.4, -0.2) is 15.7 Å². The first kappa shape index (κ1) is 7.78. The predicted molar refractivity (Wildman–Crippen MR) is 40.5 cm³/mol. The van der Waals surface area contributed by atoms with Gasteiger partial charge in [-0.3, -0.25) is 9.48 Å². The Kier molecular flexibility index (Phi) is 1.94. The van der Waals surface area contributed by atoms with E-state index in [1.807, 2.05) is 6.92 Å². The molecule has 1 rings (SSSR count). The fraction of sp³-hybridized carbons (Fsp3) is 0.286. The molecule has 0 unspecified atom stereocenters. The third-order valence-corrected chi connectivity index (χ3v) is 1.35. The van der Waals surface area contributed by atoms with Crippen LogP contribution in [0.2, 0.25) is 0 Å². The summed E-state index contributed by atoms with van der Waals surface area (Å²) < 4.78 is 1.64. The lowest BCUT2D eigenvalue weighted by molar-refractivity contribution is -0.114. The molecular formula is C7H10N3O. The molecule has 0 atom stereocenters. The van der Waals surface area contributed by atoms with Gasteiger partial charge in [-0.1, -0.05) is 0 Å². The maximum absolute atomic E-state index is 10.5. The quantitative estimate of drug-likeness (QED) is 0.636. The van der Waals surface area contributed by atoms with Crippen molar-refractivity contribution in [3.63, 3.8) is 0 Å². The van der Waals surface area contributed by atoms with Crippen LogP contribution in [0.3, 0.4) is 0 Å². The van der Waals surface area contributed by atoms with Crippen molar-refractivity contribution in [1.29, 1.82) is 0 Å². The van der Waals surface area contributed by atoms with Crippen LogP contribution in [0.4, 0.5) is 0 Å². The average molecular weight is 152 g/mol. The first-order valence-corrected chi connectivity index (χ1v) is 3.24. The monoisotopic (exact) mass is 152 g/mol. The molecule has 0 aromatic carbocycles. The van der Waals surface area contributed by atoms with Crippen molar-refractivity contribution in [2.24, 2.45) is 12.8 Å². The van der Waals surface area contributed by atoms with Gasteiger partial charge in [0.2, 0.25) is 5.91 Å². The van der Waals surface area contributed by atoms with Gasteiger partial charge in [0.1, 0.15) is 0 Å². The zero-order valence-electron chi connectivity index (χ0n) is 6.53. The summed E-state index contributed by atoms with van der Waals surface area (Å²) in [5, 5.41) is 4.04. The zero-order valence-corrected chi connectivity index (χ0v) is 6.53. The van der Waals surface area contributed by atoms with Crippen molar-refractivity contribution >= 4 is 5.91 Å². The van der Waals surface area contributed by atoms with Gasteiger partial charge in [-0.2, -0.15) is 5.10 Å². The number of hydrogen-bond donors (Lipinski definition) is 1. The van der Waals surface area contributed by atoms with Crippen molar-refractivity contribution in [3.8, 4) is 0 Å². The minimum absolute atomic E-state index is 0.443. The van der Waals surface area contributed by atoms with Crippen LogP contribution in [0, 0.1) is 13.3 Å². The molecule has 1 heterocycles. The topological polar surface area (TPSA) is 60.9 Å². The second kappa shape index (κ2) is 2.74. The molecule has 0 aliphatic heterocycles. The highest BCUT2D eigenvalue weighted by molar-refractivity contribution is 5.86. The van der Waals surface area contributed by atoms with Gasteiger partial charge < -0.3 is 5.73 Å². The molecule has 11 heavy (non-hydrogen) atoms. The van der Waals surface area contributed by atoms with E-state index in [2.05, 4.69) is 5.10 Å². The summed E-state index contributed by atoms with van der Waals surface area (Å²) in [6.45, 7) is 1.83. The predicted octanol–water partition coefficient (Wildman–Crippen LogP) is -0.234. The van der Waals surface area contributed by atoms with Crippen molar-refractivity contribution in [3.05, 3.63) is 23.9 Å². The van der Waals surface area contributed by atoms with Crippen LogP contribution in [-0.2, 0) is 11.8 Å². The van der Waals surface area contributed by atoms with Gasteiger partial charge in [0, 0.05) is 18.8 Å². The van der Waals surface area contributed by atoms with E-state index in [-0.39, 0.29) is 0 Å². The van der Waals surface area contributed by atoms with E-state index in [1.165, 1.54) is 6.42 Å². The number of aromatic nitrogens is 2. The lowest BCUT2D eigenvalue weighted by atomic mass is 10.2. The van der Waals surface area contributed by atoms with E-state index in [9.17, 15) is 4.79 Å². The normalized spacial score (nSPS) is 10.0. The number of amides is 1. The molecule has 1 aromatic heterocycles. The Bertz CT molecular complexity index is 277. The zero-order chi connectivity index (χ0) is 8.43. The van der Waals surface area contributed by atoms with E-state index >= 15 is 0 Å². The summed E-state index contributed by atoms with van der Waals surface area (Å²) in [5.41, 5.74) is 6.56. The minimum atomic E-state index is -0.443. The van der Waals surface area contributed by atoms with Crippen molar-refractivity contribution in [1.82, 2.24) is 9.78 Å². The second-order valence-corrected chi connectivity index (χ2v) is 2.39. The number of carbonyl (C=O) groups is 1. The number of nitrogens with two attached hydrogens (primary N) is 1. The molecule has 4 nitrogen and oxygen atoms in total. The standard InChI is InChI=1S/C7H10N3O/c1-5-6(3-7(8)11)4-10(2)9-5/h3-4H,1-2H3,(H2,8,11). The summed E-state index contributed by atoms with van der Waals surface area (Å²) in [6, 6.07) is 0. The van der Waals surface area contributed by atoms with Crippen molar-refractivity contribution in [2.45, 2.75) is 6.92 Å². The molecule has 0 saturated carbocycles. The third kappa shape index (κ3) is 1.80. The maximum Gasteiger partial charge on any atom is 0.226 e. The van der Waals surface area contributed by atoms with Crippen LogP contribution in [0.1, 0.15) is 11.3 Å². The van der Waals surface area contributed by atoms with Gasteiger partial charge in [0.25, 0.3) is 0 Å². The van der Waals surface area contributed by atoms with Gasteiger partial charge in [0.05, 0.1) is 12.1 Å². The fourth-order valence-electron chi connectivity index (χ4n) is 0.913. The van der Waals surface area contributed by atoms with Gasteiger partial charge in [-0.15, -0.1) is 0 Å². The van der Waals surface area contributed by atoms with Crippen molar-refractivity contribution < 1.29 is 4.79 Å². The number of nitrogens with zero attached hydrogens (tertiary/aromatic N) is 2. The van der Waals surface area contributed by atoms with Crippen LogP contribution < -0.4 is 5.73 Å². The Hall–Kier alpha value is -1.32. The number of rotatable bonds is 2. The smallest absolute Gasteiger partial charge is 0.226 e. The highest BCUT2D eigenvalue weighted by atomic mass is 16.1. The fourth-order valence-corrected chi connectivity index (χ4v) is 0.913. The molecule has 1 amide bonds. The van der Waals surface area contributed by atoms with E-state index < -0.39 is 5.91 Å². The van der Waals surface area contributed by atoms with E-state index in [0.717, 1.165) is 11.3 Å². The molecule has 0 spiro atoms. The second-order valence-electron chi connectivity index (χ2n) is 2.39. The Balaban J connectivity index is 2.85. The molecular weight excluding hydrogens is 142 g/mol. The van der Waals surface area contributed by atoms with Crippen molar-refractivity contribution in [2.75, 3.05) is 0 Å². The Morgan fingerprint density at radius 3 is 2.82 bits per heavy atom. The molecule has 0 bridgehead atoms. The van der Waals surface area contributed by atoms with E-state index in [4.69, 9.17) is 5.73 Å². The van der Waals surface area contributed by atoms with E-state index in [0.29, 0.717) is 0 Å². The molecule has 0 aliphatic carbocycles. The molecule has 0 fully saturated rings. The number of primary amides is 1. The highest BCUT2D eigenvalue weighted by Gasteiger charge is 2.05. The maximum atomic E-state index is 10.5. The van der Waals surface area contributed by atoms with Crippen LogP contribution in [0.5, 0.6) is 0 Å². The minimum Gasteiger partial charge on any atom is -0.369 e. The Labute approximate surface area is 65.0 Å². The summed E-state index contributed by atoms with van der Waals surface area (Å²) in [7, 11) is 1.80. The van der Waals surface area contributed by atoms with Crippen LogP contribution >= 0.6 is 0 Å². The lowest BCUT2D eigenvalue weighted by Gasteiger charge is -1.89. The molecule has 0 saturated heterocycles. The molecule has 1 radical (unpaired) electrons. The SMILES string of the molecule is Cc1nn(C)cc1[CH]C(N)=O. The molecule has 2 N–H and O–H groups in total. The van der Waals surface area contributed by atoms with Gasteiger partial charge in [0.15, 0.2) is 0 Å². The summed E-state index contributed by atoms with van der Waals surface area (Å²) in [6.07, 6.45) is 3.11.